The molecule has 0 saturated heterocycles. The number of aromatic nitrogens is 2. The first-order valence-electron chi connectivity index (χ1n) is 4.82. The van der Waals surface area contributed by atoms with E-state index < -0.39 is 0 Å². The lowest BCUT2D eigenvalue weighted by atomic mass is 10.2. The highest BCUT2D eigenvalue weighted by Gasteiger charge is 2.12. The molecule has 2 aromatic rings. The van der Waals surface area contributed by atoms with Gasteiger partial charge >= 0.3 is 0 Å². The van der Waals surface area contributed by atoms with Gasteiger partial charge in [0.2, 0.25) is 0 Å². The van der Waals surface area contributed by atoms with E-state index in [4.69, 9.17) is 0 Å². The zero-order valence-electron chi connectivity index (χ0n) is 8.82. The van der Waals surface area contributed by atoms with Gasteiger partial charge in [-0.3, -0.25) is 4.79 Å². The van der Waals surface area contributed by atoms with Crippen LogP contribution in [0.1, 0.15) is 10.4 Å². The van der Waals surface area contributed by atoms with Crippen LogP contribution in [0.2, 0.25) is 0 Å². The Morgan fingerprint density at radius 2 is 2.00 bits per heavy atom. The Bertz CT molecular complexity index is 607. The molecule has 0 atom stereocenters. The van der Waals surface area contributed by atoms with E-state index in [0.29, 0.717) is 20.6 Å². The molecular weight excluding hydrogens is 477 g/mol. The summed E-state index contributed by atoms with van der Waals surface area (Å²) in [4.78, 5) is 20.2. The summed E-state index contributed by atoms with van der Waals surface area (Å²) in [5.74, 6) is 0.181. The maximum Gasteiger partial charge on any atom is 0.257 e. The van der Waals surface area contributed by atoms with Crippen LogP contribution >= 0.6 is 54.5 Å². The first kappa shape index (κ1) is 13.9. The molecule has 1 N–H and O–H groups in total. The van der Waals surface area contributed by atoms with Gasteiger partial charge in [-0.2, -0.15) is 0 Å². The predicted molar refractivity (Wildman–Crippen MR) is 84.5 cm³/mol. The van der Waals surface area contributed by atoms with Gasteiger partial charge in [0.25, 0.3) is 5.91 Å². The number of amides is 1. The number of halogens is 3. The largest absolute Gasteiger partial charge is 0.304 e. The third-order valence-electron chi connectivity index (χ3n) is 2.05. The Kier molecular flexibility index (Phi) is 4.68. The molecule has 7 heteroatoms. The number of anilines is 1. The number of nitrogens with one attached hydrogen (secondary N) is 1. The molecule has 1 aromatic heterocycles. The van der Waals surface area contributed by atoms with Gasteiger partial charge in [0, 0.05) is 3.57 Å². The van der Waals surface area contributed by atoms with Crippen molar-refractivity contribution in [1.82, 2.24) is 9.97 Å². The van der Waals surface area contributed by atoms with E-state index in [-0.39, 0.29) is 5.91 Å². The average molecular weight is 483 g/mol. The van der Waals surface area contributed by atoms with Crippen molar-refractivity contribution in [3.8, 4) is 0 Å². The normalized spacial score (nSPS) is 10.2. The number of carbonyl (C=O) groups excluding carboxylic acids is 1. The molecule has 2 rings (SSSR count). The second kappa shape index (κ2) is 6.07. The Balaban J connectivity index is 2.24. The lowest BCUT2D eigenvalue weighted by Gasteiger charge is -2.07. The molecule has 1 aromatic carbocycles. The van der Waals surface area contributed by atoms with E-state index in [1.807, 2.05) is 18.2 Å². The summed E-state index contributed by atoms with van der Waals surface area (Å²) < 4.78 is 1.96. The summed E-state index contributed by atoms with van der Waals surface area (Å²) in [6, 6.07) is 7.34. The zero-order valence-corrected chi connectivity index (χ0v) is 14.2. The molecule has 4 nitrogen and oxygen atoms in total. The quantitative estimate of drug-likeness (QED) is 0.661. The lowest BCUT2D eigenvalue weighted by molar-refractivity contribution is 0.102. The number of carbonyl (C=O) groups is 1. The molecule has 1 heterocycles. The van der Waals surface area contributed by atoms with E-state index in [9.17, 15) is 4.79 Å². The van der Waals surface area contributed by atoms with Crippen LogP contribution in [-0.2, 0) is 0 Å². The van der Waals surface area contributed by atoms with Crippen molar-refractivity contribution in [2.24, 2.45) is 0 Å². The number of rotatable bonds is 2. The van der Waals surface area contributed by atoms with Crippen LogP contribution in [0.3, 0.4) is 0 Å². The molecular formula is C11H6Br2IN3O. The molecule has 0 aliphatic rings. The molecule has 1 amide bonds. The number of hydrogen-bond donors (Lipinski definition) is 1. The van der Waals surface area contributed by atoms with E-state index >= 15 is 0 Å². The van der Waals surface area contributed by atoms with Crippen LogP contribution in [0.15, 0.2) is 39.7 Å². The molecule has 0 aliphatic heterocycles. The molecule has 0 saturated carbocycles. The van der Waals surface area contributed by atoms with Gasteiger partial charge < -0.3 is 5.32 Å². The van der Waals surface area contributed by atoms with E-state index in [1.54, 1.807) is 6.07 Å². The number of hydrogen-bond acceptors (Lipinski definition) is 3. The Morgan fingerprint density at radius 3 is 2.67 bits per heavy atom. The first-order valence-corrected chi connectivity index (χ1v) is 7.48. The van der Waals surface area contributed by atoms with E-state index in [1.165, 1.54) is 6.20 Å². The van der Waals surface area contributed by atoms with Crippen molar-refractivity contribution in [1.29, 1.82) is 0 Å². The highest BCUT2D eigenvalue weighted by atomic mass is 127. The topological polar surface area (TPSA) is 54.9 Å². The fourth-order valence-electron chi connectivity index (χ4n) is 1.25. The monoisotopic (exact) mass is 481 g/mol. The van der Waals surface area contributed by atoms with Gasteiger partial charge in [-0.25, -0.2) is 9.97 Å². The van der Waals surface area contributed by atoms with E-state index in [2.05, 4.69) is 69.7 Å². The smallest absolute Gasteiger partial charge is 0.257 e. The third kappa shape index (κ3) is 3.27. The molecule has 0 fully saturated rings. The number of nitrogens with zero attached hydrogens (tertiary/aromatic N) is 2. The number of benzene rings is 1. The minimum Gasteiger partial charge on any atom is -0.304 e. The second-order valence-electron chi connectivity index (χ2n) is 3.27. The van der Waals surface area contributed by atoms with Crippen molar-refractivity contribution in [2.75, 3.05) is 5.32 Å². The predicted octanol–water partition coefficient (Wildman–Crippen LogP) is 3.86. The minimum atomic E-state index is -0.211. The fourth-order valence-corrected chi connectivity index (χ4v) is 2.79. The maximum atomic E-state index is 12.1. The summed E-state index contributed by atoms with van der Waals surface area (Å²) in [6.07, 6.45) is 1.52. The van der Waals surface area contributed by atoms with Gasteiger partial charge in [0.15, 0.2) is 5.82 Å². The van der Waals surface area contributed by atoms with Gasteiger partial charge in [-0.15, -0.1) is 0 Å². The fraction of sp³-hybridized carbons (Fsp3) is 0. The molecule has 0 unspecified atom stereocenters. The summed E-state index contributed by atoms with van der Waals surface area (Å²) in [5.41, 5.74) is 0.606. The summed E-state index contributed by atoms with van der Waals surface area (Å²) in [5, 5.41) is 2.71. The van der Waals surface area contributed by atoms with Gasteiger partial charge in [-0.1, -0.05) is 12.1 Å². The first-order chi connectivity index (χ1) is 8.58. The van der Waals surface area contributed by atoms with Gasteiger partial charge in [0.05, 0.1) is 11.8 Å². The van der Waals surface area contributed by atoms with Crippen LogP contribution in [0.25, 0.3) is 0 Å². The third-order valence-corrected chi connectivity index (χ3v) is 3.93. The SMILES string of the molecule is O=C(Nc1ncc(Br)nc1Br)c1ccccc1I. The zero-order chi connectivity index (χ0) is 13.1. The van der Waals surface area contributed by atoms with Crippen molar-refractivity contribution < 1.29 is 4.79 Å². The molecule has 0 spiro atoms. The maximum absolute atomic E-state index is 12.1. The van der Waals surface area contributed by atoms with Crippen LogP contribution in [-0.4, -0.2) is 15.9 Å². The van der Waals surface area contributed by atoms with Crippen LogP contribution in [0.4, 0.5) is 5.82 Å². The van der Waals surface area contributed by atoms with Gasteiger partial charge in [-0.05, 0) is 66.6 Å². The van der Waals surface area contributed by atoms with Crippen molar-refractivity contribution in [3.63, 3.8) is 0 Å². The standard InChI is InChI=1S/C11H6Br2IN3O/c12-8-5-15-10(9(13)16-8)17-11(18)6-3-1-2-4-7(6)14/h1-5H,(H,15,17,18). The van der Waals surface area contributed by atoms with Crippen molar-refractivity contribution in [2.45, 2.75) is 0 Å². The summed E-state index contributed by atoms with van der Waals surface area (Å²) in [7, 11) is 0. The highest BCUT2D eigenvalue weighted by Crippen LogP contribution is 2.21. The Morgan fingerprint density at radius 1 is 1.28 bits per heavy atom. The van der Waals surface area contributed by atoms with Crippen LogP contribution in [0, 0.1) is 3.57 Å². The molecule has 18 heavy (non-hydrogen) atoms. The van der Waals surface area contributed by atoms with Crippen molar-refractivity contribution in [3.05, 3.63) is 48.8 Å². The minimum absolute atomic E-state index is 0.211. The lowest BCUT2D eigenvalue weighted by Crippen LogP contribution is -2.15. The summed E-state index contributed by atoms with van der Waals surface area (Å²) in [6.45, 7) is 0. The highest BCUT2D eigenvalue weighted by molar-refractivity contribution is 14.1. The average Bonchev–Trinajstić information content (AvgIpc) is 2.33. The van der Waals surface area contributed by atoms with Crippen LogP contribution < -0.4 is 5.32 Å². The Labute approximate surface area is 134 Å². The van der Waals surface area contributed by atoms with Gasteiger partial charge in [0.1, 0.15) is 9.21 Å². The van der Waals surface area contributed by atoms with Crippen LogP contribution in [0.5, 0.6) is 0 Å². The van der Waals surface area contributed by atoms with Crippen molar-refractivity contribution >= 4 is 66.2 Å². The summed E-state index contributed by atoms with van der Waals surface area (Å²) >= 11 is 8.56. The molecule has 92 valence electrons. The Hall–Kier alpha value is -0.540. The second-order valence-corrected chi connectivity index (χ2v) is 5.99. The molecule has 0 radical (unpaired) electrons. The molecule has 0 aliphatic carbocycles. The molecule has 0 bridgehead atoms. The van der Waals surface area contributed by atoms with E-state index in [0.717, 1.165) is 3.57 Å².